The molecule has 124 valence electrons. The SMILES string of the molecule is Cc1cc2c(N3CCCC(C)C3)nc(N3CCOCC3)nc2[nH]1. The number of morpholine rings is 1. The summed E-state index contributed by atoms with van der Waals surface area (Å²) in [6, 6.07) is 2.17. The minimum atomic E-state index is 0.723. The van der Waals surface area contributed by atoms with E-state index in [2.05, 4.69) is 34.7 Å². The topological polar surface area (TPSA) is 57.3 Å². The predicted octanol–water partition coefficient (Wildman–Crippen LogP) is 2.34. The van der Waals surface area contributed by atoms with Crippen LogP contribution < -0.4 is 9.80 Å². The largest absolute Gasteiger partial charge is 0.378 e. The Labute approximate surface area is 136 Å². The van der Waals surface area contributed by atoms with Crippen molar-refractivity contribution < 1.29 is 4.74 Å². The lowest BCUT2D eigenvalue weighted by Gasteiger charge is -2.33. The molecule has 1 atom stereocenters. The highest BCUT2D eigenvalue weighted by Gasteiger charge is 2.23. The third-order valence-electron chi connectivity index (χ3n) is 4.84. The van der Waals surface area contributed by atoms with Crippen molar-refractivity contribution in [3.8, 4) is 0 Å². The Morgan fingerprint density at radius 3 is 2.78 bits per heavy atom. The second-order valence-electron chi connectivity index (χ2n) is 6.85. The summed E-state index contributed by atoms with van der Waals surface area (Å²) in [6.07, 6.45) is 2.55. The molecule has 0 aromatic carbocycles. The maximum atomic E-state index is 5.46. The Bertz CT molecular complexity index is 692. The summed E-state index contributed by atoms with van der Waals surface area (Å²) in [7, 11) is 0. The average molecular weight is 315 g/mol. The number of H-pyrrole nitrogens is 1. The summed E-state index contributed by atoms with van der Waals surface area (Å²) in [5, 5.41) is 1.15. The van der Waals surface area contributed by atoms with Crippen molar-refractivity contribution in [1.29, 1.82) is 0 Å². The number of hydrogen-bond acceptors (Lipinski definition) is 5. The Morgan fingerprint density at radius 2 is 2.00 bits per heavy atom. The van der Waals surface area contributed by atoms with Gasteiger partial charge in [-0.3, -0.25) is 0 Å². The van der Waals surface area contributed by atoms with Gasteiger partial charge in [0.25, 0.3) is 0 Å². The van der Waals surface area contributed by atoms with Gasteiger partial charge in [-0.05, 0) is 31.7 Å². The molecular weight excluding hydrogens is 290 g/mol. The number of ether oxygens (including phenoxy) is 1. The fourth-order valence-electron chi connectivity index (χ4n) is 3.64. The lowest BCUT2D eigenvalue weighted by molar-refractivity contribution is 0.122. The van der Waals surface area contributed by atoms with E-state index in [4.69, 9.17) is 14.7 Å². The lowest BCUT2D eigenvalue weighted by atomic mass is 10.0. The van der Waals surface area contributed by atoms with E-state index in [0.717, 1.165) is 73.8 Å². The van der Waals surface area contributed by atoms with Crippen LogP contribution in [0, 0.1) is 12.8 Å². The Kier molecular flexibility index (Phi) is 3.85. The van der Waals surface area contributed by atoms with Crippen LogP contribution in [-0.4, -0.2) is 54.3 Å². The summed E-state index contributed by atoms with van der Waals surface area (Å²) in [5.74, 6) is 2.64. The standard InChI is InChI=1S/C17H25N5O/c1-12-4-3-5-22(11-12)16-14-10-13(2)18-15(14)19-17(20-16)21-6-8-23-9-7-21/h10,12H,3-9,11H2,1-2H3,(H,18,19,20). The van der Waals surface area contributed by atoms with Crippen molar-refractivity contribution in [3.63, 3.8) is 0 Å². The van der Waals surface area contributed by atoms with Gasteiger partial charge in [0, 0.05) is 31.9 Å². The molecule has 6 heteroatoms. The molecule has 1 unspecified atom stereocenters. The van der Waals surface area contributed by atoms with Gasteiger partial charge in [-0.2, -0.15) is 9.97 Å². The van der Waals surface area contributed by atoms with Gasteiger partial charge in [0.1, 0.15) is 11.5 Å². The van der Waals surface area contributed by atoms with Gasteiger partial charge in [0.15, 0.2) is 0 Å². The van der Waals surface area contributed by atoms with Crippen LogP contribution in [0.4, 0.5) is 11.8 Å². The summed E-state index contributed by atoms with van der Waals surface area (Å²) < 4.78 is 5.46. The molecule has 0 aliphatic carbocycles. The molecule has 2 fully saturated rings. The van der Waals surface area contributed by atoms with Gasteiger partial charge in [-0.15, -0.1) is 0 Å². The summed E-state index contributed by atoms with van der Waals surface area (Å²) in [5.41, 5.74) is 2.09. The molecule has 0 amide bonds. The number of piperidine rings is 1. The second kappa shape index (κ2) is 6.00. The molecule has 2 saturated heterocycles. The maximum Gasteiger partial charge on any atom is 0.229 e. The van der Waals surface area contributed by atoms with Crippen LogP contribution in [0.1, 0.15) is 25.5 Å². The molecular formula is C17H25N5O. The first-order valence-electron chi connectivity index (χ1n) is 8.66. The van der Waals surface area contributed by atoms with Crippen molar-refractivity contribution in [1.82, 2.24) is 15.0 Å². The van der Waals surface area contributed by atoms with Gasteiger partial charge in [-0.25, -0.2) is 0 Å². The van der Waals surface area contributed by atoms with Gasteiger partial charge in [-0.1, -0.05) is 6.92 Å². The van der Waals surface area contributed by atoms with Crippen molar-refractivity contribution >= 4 is 22.8 Å². The monoisotopic (exact) mass is 315 g/mol. The minimum absolute atomic E-state index is 0.723. The molecule has 6 nitrogen and oxygen atoms in total. The molecule has 2 aromatic heterocycles. The fourth-order valence-corrected chi connectivity index (χ4v) is 3.64. The third kappa shape index (κ3) is 2.87. The molecule has 0 bridgehead atoms. The van der Waals surface area contributed by atoms with Crippen LogP contribution in [0.3, 0.4) is 0 Å². The molecule has 1 N–H and O–H groups in total. The normalized spacial score (nSPS) is 22.8. The highest BCUT2D eigenvalue weighted by atomic mass is 16.5. The second-order valence-corrected chi connectivity index (χ2v) is 6.85. The quantitative estimate of drug-likeness (QED) is 0.922. The number of fused-ring (bicyclic) bond motifs is 1. The van der Waals surface area contributed by atoms with E-state index in [9.17, 15) is 0 Å². The molecule has 4 heterocycles. The van der Waals surface area contributed by atoms with E-state index < -0.39 is 0 Å². The zero-order valence-electron chi connectivity index (χ0n) is 14.0. The average Bonchev–Trinajstić information content (AvgIpc) is 2.95. The smallest absolute Gasteiger partial charge is 0.229 e. The zero-order chi connectivity index (χ0) is 15.8. The number of hydrogen-bond donors (Lipinski definition) is 1. The Balaban J connectivity index is 1.76. The molecule has 0 radical (unpaired) electrons. The van der Waals surface area contributed by atoms with Crippen LogP contribution >= 0.6 is 0 Å². The molecule has 2 aliphatic rings. The van der Waals surface area contributed by atoms with Crippen molar-refractivity contribution in [2.24, 2.45) is 5.92 Å². The number of aromatic nitrogens is 3. The first-order valence-corrected chi connectivity index (χ1v) is 8.66. The number of aryl methyl sites for hydroxylation is 1. The van der Waals surface area contributed by atoms with Crippen LogP contribution in [0.5, 0.6) is 0 Å². The molecule has 0 spiro atoms. The van der Waals surface area contributed by atoms with Crippen LogP contribution in [0.15, 0.2) is 6.07 Å². The van der Waals surface area contributed by atoms with Crippen LogP contribution in [0.2, 0.25) is 0 Å². The summed E-state index contributed by atoms with van der Waals surface area (Å²) in [4.78, 5) is 17.8. The van der Waals surface area contributed by atoms with E-state index in [0.29, 0.717) is 0 Å². The Hall–Kier alpha value is -1.82. The molecule has 0 saturated carbocycles. The number of aromatic amines is 1. The predicted molar refractivity (Wildman–Crippen MR) is 92.3 cm³/mol. The summed E-state index contributed by atoms with van der Waals surface area (Å²) in [6.45, 7) is 9.81. The maximum absolute atomic E-state index is 5.46. The number of anilines is 2. The van der Waals surface area contributed by atoms with Crippen molar-refractivity contribution in [2.45, 2.75) is 26.7 Å². The fraction of sp³-hybridized carbons (Fsp3) is 0.647. The van der Waals surface area contributed by atoms with E-state index in [-0.39, 0.29) is 0 Å². The van der Waals surface area contributed by atoms with Crippen molar-refractivity contribution in [2.75, 3.05) is 49.2 Å². The lowest BCUT2D eigenvalue weighted by Crippen LogP contribution is -2.38. The third-order valence-corrected chi connectivity index (χ3v) is 4.84. The molecule has 23 heavy (non-hydrogen) atoms. The van der Waals surface area contributed by atoms with Gasteiger partial charge in [0.2, 0.25) is 5.95 Å². The Morgan fingerprint density at radius 1 is 1.17 bits per heavy atom. The summed E-state index contributed by atoms with van der Waals surface area (Å²) >= 11 is 0. The van der Waals surface area contributed by atoms with E-state index >= 15 is 0 Å². The minimum Gasteiger partial charge on any atom is -0.378 e. The number of rotatable bonds is 2. The van der Waals surface area contributed by atoms with Gasteiger partial charge in [0.05, 0.1) is 18.6 Å². The highest BCUT2D eigenvalue weighted by molar-refractivity contribution is 5.89. The first kappa shape index (κ1) is 14.8. The van der Waals surface area contributed by atoms with Crippen molar-refractivity contribution in [3.05, 3.63) is 11.8 Å². The van der Waals surface area contributed by atoms with E-state index in [1.807, 2.05) is 0 Å². The first-order chi connectivity index (χ1) is 11.2. The molecule has 4 rings (SSSR count). The zero-order valence-corrected chi connectivity index (χ0v) is 14.0. The van der Waals surface area contributed by atoms with Crippen LogP contribution in [0.25, 0.3) is 11.0 Å². The number of nitrogens with one attached hydrogen (secondary N) is 1. The van der Waals surface area contributed by atoms with Gasteiger partial charge >= 0.3 is 0 Å². The molecule has 2 aliphatic heterocycles. The van der Waals surface area contributed by atoms with E-state index in [1.165, 1.54) is 12.8 Å². The van der Waals surface area contributed by atoms with Gasteiger partial charge < -0.3 is 19.5 Å². The van der Waals surface area contributed by atoms with E-state index in [1.54, 1.807) is 0 Å². The van der Waals surface area contributed by atoms with Crippen LogP contribution in [-0.2, 0) is 4.74 Å². The number of nitrogens with zero attached hydrogens (tertiary/aromatic N) is 4. The molecule has 2 aromatic rings. The highest BCUT2D eigenvalue weighted by Crippen LogP contribution is 2.30.